The van der Waals surface area contributed by atoms with E-state index in [1.165, 1.54) is 5.56 Å². The second-order valence-electron chi connectivity index (χ2n) is 4.66. The first kappa shape index (κ1) is 12.7. The third kappa shape index (κ3) is 2.93. The van der Waals surface area contributed by atoms with Gasteiger partial charge in [-0.1, -0.05) is 17.7 Å². The number of aryl methyl sites for hydroxylation is 2. The zero-order chi connectivity index (χ0) is 13.1. The van der Waals surface area contributed by atoms with Crippen molar-refractivity contribution in [2.24, 2.45) is 5.73 Å². The molecule has 0 fully saturated rings. The summed E-state index contributed by atoms with van der Waals surface area (Å²) in [5, 5.41) is 0. The maximum Gasteiger partial charge on any atom is 0.171 e. The fourth-order valence-electron chi connectivity index (χ4n) is 1.79. The van der Waals surface area contributed by atoms with Gasteiger partial charge in [-0.25, -0.2) is 0 Å². The number of ether oxygens (including phenoxy) is 1. The van der Waals surface area contributed by atoms with Crippen LogP contribution < -0.4 is 10.5 Å². The monoisotopic (exact) mass is 245 g/mol. The molecule has 1 aromatic carbocycles. The zero-order valence-corrected chi connectivity index (χ0v) is 11.0. The molecule has 0 saturated carbocycles. The molecule has 2 rings (SSSR count). The van der Waals surface area contributed by atoms with Crippen LogP contribution in [0.4, 0.5) is 0 Å². The van der Waals surface area contributed by atoms with Gasteiger partial charge in [-0.15, -0.1) is 0 Å². The molecule has 3 nitrogen and oxygen atoms in total. The van der Waals surface area contributed by atoms with Gasteiger partial charge in [-0.2, -0.15) is 0 Å². The Hall–Kier alpha value is -1.74. The fourth-order valence-corrected chi connectivity index (χ4v) is 1.79. The molecule has 0 bridgehead atoms. The molecule has 0 aliphatic heterocycles. The molecule has 2 aromatic rings. The molecule has 2 N–H and O–H groups in total. The van der Waals surface area contributed by atoms with E-state index in [0.29, 0.717) is 0 Å². The van der Waals surface area contributed by atoms with Gasteiger partial charge in [0.15, 0.2) is 6.10 Å². The molecule has 3 heteroatoms. The molecule has 0 amide bonds. The maximum atomic E-state index is 5.97. The average molecular weight is 245 g/mol. The molecule has 1 heterocycles. The van der Waals surface area contributed by atoms with Gasteiger partial charge in [0.2, 0.25) is 0 Å². The van der Waals surface area contributed by atoms with Gasteiger partial charge in [0, 0.05) is 6.04 Å². The number of nitrogens with two attached hydrogens (primary N) is 1. The minimum atomic E-state index is -0.263. The van der Waals surface area contributed by atoms with E-state index in [4.69, 9.17) is 14.9 Å². The third-order valence-electron chi connectivity index (χ3n) is 2.80. The summed E-state index contributed by atoms with van der Waals surface area (Å²) in [6, 6.07) is 11.6. The third-order valence-corrected chi connectivity index (χ3v) is 2.80. The predicted octanol–water partition coefficient (Wildman–Crippen LogP) is 3.36. The minimum Gasteiger partial charge on any atom is -0.481 e. The first-order valence-corrected chi connectivity index (χ1v) is 6.11. The summed E-state index contributed by atoms with van der Waals surface area (Å²) in [7, 11) is 0. The van der Waals surface area contributed by atoms with Crippen LogP contribution in [0.2, 0.25) is 0 Å². The molecule has 0 spiro atoms. The molecular weight excluding hydrogens is 226 g/mol. The van der Waals surface area contributed by atoms with Crippen LogP contribution in [0.5, 0.6) is 5.75 Å². The van der Waals surface area contributed by atoms with Gasteiger partial charge in [0.25, 0.3) is 0 Å². The Morgan fingerprint density at radius 3 is 2.22 bits per heavy atom. The number of rotatable bonds is 4. The zero-order valence-electron chi connectivity index (χ0n) is 11.0. The van der Waals surface area contributed by atoms with E-state index in [1.54, 1.807) is 0 Å². The number of furan rings is 1. The van der Waals surface area contributed by atoms with Crippen LogP contribution in [0.3, 0.4) is 0 Å². The van der Waals surface area contributed by atoms with E-state index in [2.05, 4.69) is 0 Å². The van der Waals surface area contributed by atoms with Crippen LogP contribution in [0.15, 0.2) is 40.8 Å². The molecular formula is C15H19NO2. The Labute approximate surface area is 108 Å². The summed E-state index contributed by atoms with van der Waals surface area (Å²) in [6.07, 6.45) is -0.263. The summed E-state index contributed by atoms with van der Waals surface area (Å²) in [4.78, 5) is 0. The van der Waals surface area contributed by atoms with Crippen molar-refractivity contribution in [2.75, 3.05) is 0 Å². The van der Waals surface area contributed by atoms with Gasteiger partial charge >= 0.3 is 0 Å². The molecule has 1 aromatic heterocycles. The van der Waals surface area contributed by atoms with Crippen LogP contribution in [-0.2, 0) is 0 Å². The van der Waals surface area contributed by atoms with Crippen molar-refractivity contribution in [1.82, 2.24) is 0 Å². The molecule has 0 aliphatic carbocycles. The van der Waals surface area contributed by atoms with Crippen LogP contribution in [0, 0.1) is 13.8 Å². The highest BCUT2D eigenvalue weighted by Gasteiger charge is 2.21. The second-order valence-corrected chi connectivity index (χ2v) is 4.66. The lowest BCUT2D eigenvalue weighted by atomic mass is 10.1. The van der Waals surface area contributed by atoms with Gasteiger partial charge < -0.3 is 14.9 Å². The fraction of sp³-hybridized carbons (Fsp3) is 0.333. The van der Waals surface area contributed by atoms with Gasteiger partial charge in [0.05, 0.1) is 0 Å². The maximum absolute atomic E-state index is 5.97. The first-order chi connectivity index (χ1) is 8.56. The minimum absolute atomic E-state index is 0.142. The highest BCUT2D eigenvalue weighted by molar-refractivity contribution is 5.27. The van der Waals surface area contributed by atoms with E-state index in [0.717, 1.165) is 17.3 Å². The lowest BCUT2D eigenvalue weighted by molar-refractivity contribution is 0.152. The van der Waals surface area contributed by atoms with Crippen molar-refractivity contribution in [3.8, 4) is 5.75 Å². The van der Waals surface area contributed by atoms with Crippen LogP contribution >= 0.6 is 0 Å². The molecule has 2 unspecified atom stereocenters. The summed E-state index contributed by atoms with van der Waals surface area (Å²) in [6.45, 7) is 5.87. The summed E-state index contributed by atoms with van der Waals surface area (Å²) >= 11 is 0. The van der Waals surface area contributed by atoms with E-state index >= 15 is 0 Å². The van der Waals surface area contributed by atoms with Crippen molar-refractivity contribution < 1.29 is 9.15 Å². The normalized spacial score (nSPS) is 14.2. The molecule has 0 radical (unpaired) electrons. The summed E-state index contributed by atoms with van der Waals surface area (Å²) in [5.41, 5.74) is 7.17. The van der Waals surface area contributed by atoms with Crippen molar-refractivity contribution in [1.29, 1.82) is 0 Å². The highest BCUT2D eigenvalue weighted by Crippen LogP contribution is 2.25. The molecule has 2 atom stereocenters. The first-order valence-electron chi connectivity index (χ1n) is 6.11. The van der Waals surface area contributed by atoms with Crippen LogP contribution in [0.1, 0.15) is 30.1 Å². The SMILES string of the molecule is Cc1ccc(OC(c2ccc(C)o2)C(C)N)cc1. The highest BCUT2D eigenvalue weighted by atomic mass is 16.5. The Morgan fingerprint density at radius 2 is 1.72 bits per heavy atom. The van der Waals surface area contributed by atoms with E-state index in [1.807, 2.05) is 57.2 Å². The number of hydrogen-bond acceptors (Lipinski definition) is 3. The smallest absolute Gasteiger partial charge is 0.171 e. The number of hydrogen-bond donors (Lipinski definition) is 1. The van der Waals surface area contributed by atoms with Crippen LogP contribution in [0.25, 0.3) is 0 Å². The van der Waals surface area contributed by atoms with E-state index in [9.17, 15) is 0 Å². The quantitative estimate of drug-likeness (QED) is 0.898. The standard InChI is InChI=1S/C15H19NO2/c1-10-4-7-13(8-5-10)18-15(12(3)16)14-9-6-11(2)17-14/h4-9,12,15H,16H2,1-3H3. The second kappa shape index (κ2) is 5.27. The average Bonchev–Trinajstić information content (AvgIpc) is 2.74. The lowest BCUT2D eigenvalue weighted by Crippen LogP contribution is -2.28. The van der Waals surface area contributed by atoms with Gasteiger partial charge in [-0.3, -0.25) is 0 Å². The Balaban J connectivity index is 2.19. The molecule has 0 saturated heterocycles. The van der Waals surface area contributed by atoms with Crippen molar-refractivity contribution in [3.05, 3.63) is 53.5 Å². The molecule has 18 heavy (non-hydrogen) atoms. The largest absolute Gasteiger partial charge is 0.481 e. The predicted molar refractivity (Wildman–Crippen MR) is 71.6 cm³/mol. The van der Waals surface area contributed by atoms with Gasteiger partial charge in [0.1, 0.15) is 17.3 Å². The topological polar surface area (TPSA) is 48.4 Å². The van der Waals surface area contributed by atoms with E-state index in [-0.39, 0.29) is 12.1 Å². The number of benzene rings is 1. The summed E-state index contributed by atoms with van der Waals surface area (Å²) < 4.78 is 11.5. The Kier molecular flexibility index (Phi) is 3.72. The van der Waals surface area contributed by atoms with Gasteiger partial charge in [-0.05, 0) is 45.0 Å². The van der Waals surface area contributed by atoms with Crippen molar-refractivity contribution in [2.45, 2.75) is 32.9 Å². The van der Waals surface area contributed by atoms with Crippen molar-refractivity contribution in [3.63, 3.8) is 0 Å². The van der Waals surface area contributed by atoms with Crippen LogP contribution in [-0.4, -0.2) is 6.04 Å². The summed E-state index contributed by atoms with van der Waals surface area (Å²) in [5.74, 6) is 2.43. The molecule has 0 aliphatic rings. The Morgan fingerprint density at radius 1 is 1.06 bits per heavy atom. The molecule has 96 valence electrons. The lowest BCUT2D eigenvalue weighted by Gasteiger charge is -2.20. The van der Waals surface area contributed by atoms with Crippen molar-refractivity contribution >= 4 is 0 Å². The van der Waals surface area contributed by atoms with E-state index < -0.39 is 0 Å². The Bertz CT molecular complexity index is 499.